The lowest BCUT2D eigenvalue weighted by Gasteiger charge is -2.49. The molecule has 1 saturated carbocycles. The lowest BCUT2D eigenvalue weighted by atomic mass is 9.84. The number of ether oxygens (including phenoxy) is 7. The predicted octanol–water partition coefficient (Wildman–Crippen LogP) is 8.96. The third-order valence-electron chi connectivity index (χ3n) is 17.7. The van der Waals surface area contributed by atoms with Crippen LogP contribution in [0, 0.1) is 0 Å². The molecule has 0 bridgehead atoms. The van der Waals surface area contributed by atoms with Crippen molar-refractivity contribution in [2.24, 2.45) is 0 Å². The first-order chi connectivity index (χ1) is 45.3. The normalized spacial score (nSPS) is 28.4. The minimum Gasteiger partial charge on any atom is -0.463 e. The Morgan fingerprint density at radius 2 is 0.745 bits per heavy atom. The molecule has 18 unspecified atom stereocenters. The van der Waals surface area contributed by atoms with Crippen LogP contribution in [0.5, 0.6) is 0 Å². The van der Waals surface area contributed by atoms with Crippen molar-refractivity contribution in [3.8, 4) is 0 Å². The van der Waals surface area contributed by atoms with Gasteiger partial charge in [0.05, 0.1) is 13.2 Å². The summed E-state index contributed by atoms with van der Waals surface area (Å²) in [5.74, 6) is -2.01. The molecule has 3 aliphatic rings. The minimum absolute atomic E-state index is 0.0297. The highest BCUT2D eigenvalue weighted by Crippen LogP contribution is 2.49. The van der Waals surface area contributed by atoms with Crippen LogP contribution in [-0.2, 0) is 61.2 Å². The average molecular weight is 1370 g/mol. The van der Waals surface area contributed by atoms with E-state index >= 15 is 0 Å². The van der Waals surface area contributed by atoms with Gasteiger partial charge in [-0.1, -0.05) is 199 Å². The monoisotopic (exact) mass is 1370 g/mol. The fourth-order valence-corrected chi connectivity index (χ4v) is 12.7. The summed E-state index contributed by atoms with van der Waals surface area (Å²) in [5, 5.41) is 110. The zero-order chi connectivity index (χ0) is 68.9. The molecule has 0 radical (unpaired) electrons. The smallest absolute Gasteiger partial charge is 0.463 e. The van der Waals surface area contributed by atoms with Crippen LogP contribution >= 0.6 is 7.82 Å². The van der Waals surface area contributed by atoms with Gasteiger partial charge < -0.3 is 89.1 Å². The third-order valence-corrected chi connectivity index (χ3v) is 18.7. The molecule has 0 spiro atoms. The van der Waals surface area contributed by atoms with Gasteiger partial charge in [-0.2, -0.15) is 0 Å². The summed E-state index contributed by atoms with van der Waals surface area (Å²) >= 11 is 0. The molecule has 18 atom stereocenters. The molecule has 0 aromatic rings. The zero-order valence-corrected chi connectivity index (χ0v) is 57.9. The first-order valence-corrected chi connectivity index (χ1v) is 37.6. The molecule has 2 aliphatic heterocycles. The summed E-state index contributed by atoms with van der Waals surface area (Å²) in [6, 6.07) is 0. The highest BCUT2D eigenvalue weighted by atomic mass is 31.2. The molecular weight excluding hydrogens is 1240 g/mol. The van der Waals surface area contributed by atoms with Gasteiger partial charge in [-0.3, -0.25) is 23.4 Å². The summed E-state index contributed by atoms with van der Waals surface area (Å²) in [6.45, 7) is 3.37. The third kappa shape index (κ3) is 35.0. The molecule has 0 aromatic heterocycles. The summed E-state index contributed by atoms with van der Waals surface area (Å²) in [5.41, 5.74) is 0. The number of hydrogen-bond donors (Lipinski definition) is 11. The lowest BCUT2D eigenvalue weighted by Crippen LogP contribution is -2.69. The summed E-state index contributed by atoms with van der Waals surface area (Å²) in [6.07, 6.45) is 9.88. The first-order valence-electron chi connectivity index (χ1n) is 36.1. The molecule has 0 aromatic carbocycles. The van der Waals surface area contributed by atoms with Gasteiger partial charge in [0, 0.05) is 19.3 Å². The molecule has 550 valence electrons. The number of rotatable bonds is 55. The quantitative estimate of drug-likeness (QED) is 0.00889. The molecule has 25 heteroatoms. The van der Waals surface area contributed by atoms with E-state index in [2.05, 4.69) is 45.1 Å². The number of esters is 3. The van der Waals surface area contributed by atoms with Crippen molar-refractivity contribution in [1.82, 2.24) is 0 Å². The Morgan fingerprint density at radius 3 is 1.17 bits per heavy atom. The van der Waals surface area contributed by atoms with Crippen molar-refractivity contribution < 1.29 is 117 Å². The molecule has 2 saturated heterocycles. The standard InChI is InChI=1S/C69H125O24P/c1-4-7-10-13-16-19-22-24-25-27-29-32-34-37-40-43-53(71)85-47-50(88-55(73)45-42-39-36-33-30-26-23-20-17-14-11-8-5-2)48-87-94(83,84)93-67-65(91-68-63(81)58(76)56(74)51(46-70)89-68)61(79)60(78)62(80)66(67)92-69-64(82)59(77)57(75)52(90-69)49-86-54(72)44-41-38-35-31-28-21-18-15-12-9-6-3/h19,22,26,30,50-52,56-70,74-82H,4-18,20-21,23-25,27-29,31-49H2,1-3H3,(H,83,84)/b22-19-,30-26-. The summed E-state index contributed by atoms with van der Waals surface area (Å²) in [4.78, 5) is 50.8. The highest BCUT2D eigenvalue weighted by Gasteiger charge is 2.58. The molecule has 94 heavy (non-hydrogen) atoms. The van der Waals surface area contributed by atoms with Gasteiger partial charge in [0.15, 0.2) is 18.7 Å². The lowest BCUT2D eigenvalue weighted by molar-refractivity contribution is -0.360. The van der Waals surface area contributed by atoms with E-state index in [0.717, 1.165) is 109 Å². The SMILES string of the molecule is CCCCCC/C=C\CCCCCCCCCC(=O)OCC(COP(=O)(O)OC1C(OC2OC(CO)C(O)C(O)C2O)C(O)C(O)C(O)C1OC1OC(COC(=O)CCCCCCCCCCCCC)C(O)C(O)C1O)OC(=O)CCCCC/C=C\CCCCCCCC. The van der Waals surface area contributed by atoms with Gasteiger partial charge in [-0.15, -0.1) is 0 Å². The average Bonchev–Trinajstić information content (AvgIpc) is 0.764. The van der Waals surface area contributed by atoms with E-state index in [-0.39, 0.29) is 19.3 Å². The predicted molar refractivity (Wildman–Crippen MR) is 351 cm³/mol. The van der Waals surface area contributed by atoms with E-state index in [4.69, 9.17) is 42.2 Å². The van der Waals surface area contributed by atoms with Gasteiger partial charge in [0.25, 0.3) is 0 Å². The van der Waals surface area contributed by atoms with Gasteiger partial charge >= 0.3 is 25.7 Å². The van der Waals surface area contributed by atoms with Crippen LogP contribution in [0.1, 0.15) is 265 Å². The van der Waals surface area contributed by atoms with Crippen molar-refractivity contribution >= 4 is 25.7 Å². The summed E-state index contributed by atoms with van der Waals surface area (Å²) < 4.78 is 64.8. The number of aliphatic hydroxyl groups is 10. The number of phosphoric ester groups is 1. The molecule has 24 nitrogen and oxygen atoms in total. The fourth-order valence-electron chi connectivity index (χ4n) is 11.7. The van der Waals surface area contributed by atoms with E-state index < -0.39 is 156 Å². The number of carbonyl (C=O) groups is 3. The van der Waals surface area contributed by atoms with Crippen molar-refractivity contribution in [3.05, 3.63) is 24.3 Å². The Morgan fingerprint density at radius 1 is 0.404 bits per heavy atom. The van der Waals surface area contributed by atoms with Crippen molar-refractivity contribution in [2.75, 3.05) is 26.4 Å². The minimum atomic E-state index is -5.70. The van der Waals surface area contributed by atoms with E-state index in [1.807, 2.05) is 0 Å². The fraction of sp³-hybridized carbons (Fsp3) is 0.899. The Labute approximate surface area is 560 Å². The van der Waals surface area contributed by atoms with Gasteiger partial charge in [0.2, 0.25) is 0 Å². The maximum atomic E-state index is 14.3. The molecule has 11 N–H and O–H groups in total. The van der Waals surface area contributed by atoms with E-state index in [1.54, 1.807) is 0 Å². The van der Waals surface area contributed by atoms with Gasteiger partial charge in [-0.05, 0) is 70.6 Å². The molecule has 3 rings (SSSR count). The van der Waals surface area contributed by atoms with Crippen LogP contribution in [0.25, 0.3) is 0 Å². The Bertz CT molecular complexity index is 2050. The molecule has 2 heterocycles. The maximum absolute atomic E-state index is 14.3. The van der Waals surface area contributed by atoms with Crippen LogP contribution < -0.4 is 0 Å². The number of aliphatic hydroxyl groups excluding tert-OH is 10. The number of carbonyl (C=O) groups excluding carboxylic acids is 3. The second kappa shape index (κ2) is 51.6. The molecule has 0 amide bonds. The van der Waals surface area contributed by atoms with Crippen LogP contribution in [0.3, 0.4) is 0 Å². The Hall–Kier alpha value is -2.56. The van der Waals surface area contributed by atoms with E-state index in [0.29, 0.717) is 25.7 Å². The highest BCUT2D eigenvalue weighted by molar-refractivity contribution is 7.47. The van der Waals surface area contributed by atoms with Gasteiger partial charge in [0.1, 0.15) is 98.7 Å². The second-order valence-electron chi connectivity index (χ2n) is 25.9. The van der Waals surface area contributed by atoms with Crippen molar-refractivity contribution in [1.29, 1.82) is 0 Å². The number of unbranched alkanes of at least 4 members (excludes halogenated alkanes) is 30. The van der Waals surface area contributed by atoms with Gasteiger partial charge in [-0.25, -0.2) is 4.57 Å². The molecule has 1 aliphatic carbocycles. The van der Waals surface area contributed by atoms with Crippen LogP contribution in [0.2, 0.25) is 0 Å². The Kier molecular flexibility index (Phi) is 47.0. The van der Waals surface area contributed by atoms with Crippen molar-refractivity contribution in [3.63, 3.8) is 0 Å². The van der Waals surface area contributed by atoms with Crippen LogP contribution in [0.15, 0.2) is 24.3 Å². The summed E-state index contributed by atoms with van der Waals surface area (Å²) in [7, 11) is -5.70. The zero-order valence-electron chi connectivity index (χ0n) is 57.0. The molecule has 3 fully saturated rings. The molecular formula is C69H125O24P. The van der Waals surface area contributed by atoms with E-state index in [9.17, 15) is 74.9 Å². The second-order valence-corrected chi connectivity index (χ2v) is 27.4. The Balaban J connectivity index is 1.76. The number of hydrogen-bond acceptors (Lipinski definition) is 23. The topological polar surface area (TPSA) is 374 Å². The maximum Gasteiger partial charge on any atom is 0.472 e. The van der Waals surface area contributed by atoms with Crippen LogP contribution in [0.4, 0.5) is 0 Å². The first kappa shape index (κ1) is 85.7. The number of phosphoric acid groups is 1. The largest absolute Gasteiger partial charge is 0.472 e. The van der Waals surface area contributed by atoms with Crippen molar-refractivity contribution in [2.45, 2.75) is 369 Å². The number of allylic oxidation sites excluding steroid dienone is 4. The van der Waals surface area contributed by atoms with E-state index in [1.165, 1.54) is 89.9 Å². The van der Waals surface area contributed by atoms with Crippen LogP contribution in [-0.4, -0.2) is 204 Å².